The van der Waals surface area contributed by atoms with Gasteiger partial charge in [0.15, 0.2) is 11.6 Å². The van der Waals surface area contributed by atoms with Gasteiger partial charge in [-0.2, -0.15) is 0 Å². The molecule has 0 bridgehead atoms. The predicted octanol–water partition coefficient (Wildman–Crippen LogP) is 2.73. The van der Waals surface area contributed by atoms with E-state index in [0.717, 1.165) is 23.4 Å². The zero-order valence-corrected chi connectivity index (χ0v) is 11.2. The van der Waals surface area contributed by atoms with Crippen LogP contribution in [0.5, 0.6) is 0 Å². The van der Waals surface area contributed by atoms with Gasteiger partial charge >= 0.3 is 0 Å². The highest BCUT2D eigenvalue weighted by Gasteiger charge is 2.20. The fraction of sp³-hybridized carbons (Fsp3) is 0.188. The van der Waals surface area contributed by atoms with E-state index in [4.69, 9.17) is 0 Å². The molecule has 1 unspecified atom stereocenters. The summed E-state index contributed by atoms with van der Waals surface area (Å²) >= 11 is 0. The van der Waals surface area contributed by atoms with Crippen molar-refractivity contribution in [2.45, 2.75) is 12.5 Å². The Kier molecular flexibility index (Phi) is 3.56. The minimum atomic E-state index is -1.02. The van der Waals surface area contributed by atoms with E-state index in [0.29, 0.717) is 13.0 Å². The van der Waals surface area contributed by atoms with Crippen molar-refractivity contribution in [1.82, 2.24) is 5.32 Å². The quantitative estimate of drug-likeness (QED) is 0.892. The maximum Gasteiger partial charge on any atom is 0.251 e. The van der Waals surface area contributed by atoms with E-state index < -0.39 is 17.5 Å². The van der Waals surface area contributed by atoms with Crippen LogP contribution in [0.4, 0.5) is 14.5 Å². The SMILES string of the molecule is O=C(NC1CNc2ccccc2C1)c1ccc(F)c(F)c1. The second kappa shape index (κ2) is 5.52. The third-order valence-electron chi connectivity index (χ3n) is 3.54. The first-order chi connectivity index (χ1) is 10.1. The summed E-state index contributed by atoms with van der Waals surface area (Å²) in [6, 6.07) is 10.9. The summed E-state index contributed by atoms with van der Waals surface area (Å²) in [6.07, 6.45) is 0.707. The van der Waals surface area contributed by atoms with Crippen LogP contribution in [0.1, 0.15) is 15.9 Å². The van der Waals surface area contributed by atoms with E-state index >= 15 is 0 Å². The summed E-state index contributed by atoms with van der Waals surface area (Å²) in [5, 5.41) is 6.07. The number of carbonyl (C=O) groups excluding carboxylic acids is 1. The lowest BCUT2D eigenvalue weighted by atomic mass is 9.99. The highest BCUT2D eigenvalue weighted by molar-refractivity contribution is 5.94. The molecule has 3 nitrogen and oxygen atoms in total. The van der Waals surface area contributed by atoms with Crippen molar-refractivity contribution in [3.63, 3.8) is 0 Å². The van der Waals surface area contributed by atoms with Crippen LogP contribution in [0.15, 0.2) is 42.5 Å². The van der Waals surface area contributed by atoms with Crippen LogP contribution in [0.3, 0.4) is 0 Å². The fourth-order valence-corrected chi connectivity index (χ4v) is 2.45. The van der Waals surface area contributed by atoms with Crippen LogP contribution in [0.25, 0.3) is 0 Å². The molecule has 0 aromatic heterocycles. The lowest BCUT2D eigenvalue weighted by Gasteiger charge is -2.26. The first-order valence-corrected chi connectivity index (χ1v) is 6.71. The average Bonchev–Trinajstić information content (AvgIpc) is 2.50. The lowest BCUT2D eigenvalue weighted by molar-refractivity contribution is 0.0938. The van der Waals surface area contributed by atoms with Crippen LogP contribution in [0.2, 0.25) is 0 Å². The number of benzene rings is 2. The van der Waals surface area contributed by atoms with E-state index in [1.54, 1.807) is 0 Å². The van der Waals surface area contributed by atoms with Crippen molar-refractivity contribution in [3.8, 4) is 0 Å². The third-order valence-corrected chi connectivity index (χ3v) is 3.54. The van der Waals surface area contributed by atoms with E-state index in [1.165, 1.54) is 6.07 Å². The number of carbonyl (C=O) groups is 1. The number of halogens is 2. The van der Waals surface area contributed by atoms with E-state index in [1.807, 2.05) is 24.3 Å². The van der Waals surface area contributed by atoms with Gasteiger partial charge < -0.3 is 10.6 Å². The molecule has 108 valence electrons. The molecule has 0 fully saturated rings. The molecule has 3 rings (SSSR count). The van der Waals surface area contributed by atoms with Gasteiger partial charge in [-0.05, 0) is 36.2 Å². The van der Waals surface area contributed by atoms with Crippen LogP contribution in [-0.4, -0.2) is 18.5 Å². The molecule has 2 aromatic rings. The Morgan fingerprint density at radius 1 is 1.14 bits per heavy atom. The van der Waals surface area contributed by atoms with Gasteiger partial charge in [-0.1, -0.05) is 18.2 Å². The first kappa shape index (κ1) is 13.5. The zero-order chi connectivity index (χ0) is 14.8. The molecule has 2 aromatic carbocycles. The van der Waals surface area contributed by atoms with Crippen LogP contribution in [0, 0.1) is 11.6 Å². The van der Waals surface area contributed by atoms with Crippen molar-refractivity contribution in [2.75, 3.05) is 11.9 Å². The summed E-state index contributed by atoms with van der Waals surface area (Å²) in [5.41, 5.74) is 2.31. The van der Waals surface area contributed by atoms with E-state index in [9.17, 15) is 13.6 Å². The number of rotatable bonds is 2. The first-order valence-electron chi connectivity index (χ1n) is 6.71. The minimum Gasteiger partial charge on any atom is -0.383 e. The highest BCUT2D eigenvalue weighted by Crippen LogP contribution is 2.21. The molecular formula is C16H14F2N2O. The molecule has 1 amide bonds. The standard InChI is InChI=1S/C16H14F2N2O/c17-13-6-5-11(8-14(13)18)16(21)20-12-7-10-3-1-2-4-15(10)19-9-12/h1-6,8,12,19H,7,9H2,(H,20,21). The summed E-state index contributed by atoms with van der Waals surface area (Å²) in [7, 11) is 0. The van der Waals surface area contributed by atoms with Crippen LogP contribution >= 0.6 is 0 Å². The summed E-state index contributed by atoms with van der Waals surface area (Å²) in [6.45, 7) is 0.604. The fourth-order valence-electron chi connectivity index (χ4n) is 2.45. The van der Waals surface area contributed by atoms with Gasteiger partial charge in [-0.15, -0.1) is 0 Å². The lowest BCUT2D eigenvalue weighted by Crippen LogP contribution is -2.43. The molecule has 1 aliphatic rings. The van der Waals surface area contributed by atoms with Gasteiger partial charge in [0.25, 0.3) is 5.91 Å². The summed E-state index contributed by atoms with van der Waals surface area (Å²) in [5.74, 6) is -2.38. The monoisotopic (exact) mass is 288 g/mol. The molecule has 1 heterocycles. The molecule has 1 atom stereocenters. The normalized spacial score (nSPS) is 16.8. The molecule has 0 radical (unpaired) electrons. The Balaban J connectivity index is 1.70. The Bertz CT molecular complexity index is 688. The number of hydrogen-bond donors (Lipinski definition) is 2. The predicted molar refractivity (Wildman–Crippen MR) is 76.2 cm³/mol. The van der Waals surface area contributed by atoms with E-state index in [2.05, 4.69) is 10.6 Å². The highest BCUT2D eigenvalue weighted by atomic mass is 19.2. The minimum absolute atomic E-state index is 0.0829. The Morgan fingerprint density at radius 2 is 1.95 bits per heavy atom. The Labute approximate surface area is 121 Å². The zero-order valence-electron chi connectivity index (χ0n) is 11.2. The second-order valence-corrected chi connectivity index (χ2v) is 5.04. The Hall–Kier alpha value is -2.43. The molecule has 21 heavy (non-hydrogen) atoms. The van der Waals surface area contributed by atoms with Crippen molar-refractivity contribution in [2.24, 2.45) is 0 Å². The van der Waals surface area contributed by atoms with Crippen molar-refractivity contribution in [3.05, 3.63) is 65.2 Å². The smallest absolute Gasteiger partial charge is 0.251 e. The van der Waals surface area contributed by atoms with Crippen molar-refractivity contribution >= 4 is 11.6 Å². The van der Waals surface area contributed by atoms with Gasteiger partial charge in [0.2, 0.25) is 0 Å². The number of nitrogens with one attached hydrogen (secondary N) is 2. The Morgan fingerprint density at radius 3 is 2.76 bits per heavy atom. The van der Waals surface area contributed by atoms with Gasteiger partial charge in [0.05, 0.1) is 6.04 Å². The maximum atomic E-state index is 13.1. The topological polar surface area (TPSA) is 41.1 Å². The number of anilines is 1. The molecule has 5 heteroatoms. The number of amides is 1. The molecule has 0 saturated carbocycles. The number of para-hydroxylation sites is 1. The van der Waals surface area contributed by atoms with Gasteiger partial charge in [0, 0.05) is 17.8 Å². The van der Waals surface area contributed by atoms with Crippen molar-refractivity contribution in [1.29, 1.82) is 0 Å². The molecule has 1 aliphatic heterocycles. The molecule has 0 spiro atoms. The van der Waals surface area contributed by atoms with Gasteiger partial charge in [0.1, 0.15) is 0 Å². The van der Waals surface area contributed by atoms with Gasteiger partial charge in [-0.25, -0.2) is 8.78 Å². The largest absolute Gasteiger partial charge is 0.383 e. The number of hydrogen-bond acceptors (Lipinski definition) is 2. The third kappa shape index (κ3) is 2.86. The molecule has 2 N–H and O–H groups in total. The maximum absolute atomic E-state index is 13.1. The summed E-state index contributed by atoms with van der Waals surface area (Å²) < 4.78 is 26.0. The molecule has 0 saturated heterocycles. The van der Waals surface area contributed by atoms with Gasteiger partial charge in [-0.3, -0.25) is 4.79 Å². The number of fused-ring (bicyclic) bond motifs is 1. The van der Waals surface area contributed by atoms with E-state index in [-0.39, 0.29) is 11.6 Å². The molecular weight excluding hydrogens is 274 g/mol. The van der Waals surface area contributed by atoms with Crippen LogP contribution < -0.4 is 10.6 Å². The summed E-state index contributed by atoms with van der Waals surface area (Å²) in [4.78, 5) is 12.1. The second-order valence-electron chi connectivity index (χ2n) is 5.04. The average molecular weight is 288 g/mol. The van der Waals surface area contributed by atoms with Crippen LogP contribution in [-0.2, 0) is 6.42 Å². The van der Waals surface area contributed by atoms with Crippen molar-refractivity contribution < 1.29 is 13.6 Å². The molecule has 0 aliphatic carbocycles.